The summed E-state index contributed by atoms with van der Waals surface area (Å²) in [5, 5.41) is 0. The van der Waals surface area contributed by atoms with Crippen LogP contribution in [0.5, 0.6) is 5.75 Å². The molecule has 2 heteroatoms. The molecule has 0 saturated carbocycles. The zero-order valence-electron chi connectivity index (χ0n) is 9.79. The van der Waals surface area contributed by atoms with E-state index in [0.29, 0.717) is 5.92 Å². The van der Waals surface area contributed by atoms with Crippen molar-refractivity contribution in [3.8, 4) is 5.75 Å². The summed E-state index contributed by atoms with van der Waals surface area (Å²) in [6.07, 6.45) is 1.12. The number of aryl methyl sites for hydroxylation is 2. The Morgan fingerprint density at radius 1 is 1.33 bits per heavy atom. The van der Waals surface area contributed by atoms with Crippen LogP contribution in [0.1, 0.15) is 24.5 Å². The minimum atomic E-state index is 0.549. The molecule has 1 unspecified atom stereocenters. The van der Waals surface area contributed by atoms with E-state index in [2.05, 4.69) is 51.6 Å². The number of rotatable bonds is 5. The summed E-state index contributed by atoms with van der Waals surface area (Å²) in [6, 6.07) is 6.31. The van der Waals surface area contributed by atoms with Crippen LogP contribution in [0.2, 0.25) is 0 Å². The average molecular weight is 224 g/mol. The largest absolute Gasteiger partial charge is 0.493 e. The topological polar surface area (TPSA) is 9.23 Å². The van der Waals surface area contributed by atoms with Gasteiger partial charge in [0.1, 0.15) is 5.75 Å². The zero-order valence-corrected chi connectivity index (χ0v) is 10.7. The molecule has 0 aliphatic carbocycles. The van der Waals surface area contributed by atoms with Crippen molar-refractivity contribution < 1.29 is 4.74 Å². The number of benzene rings is 1. The van der Waals surface area contributed by atoms with Gasteiger partial charge >= 0.3 is 0 Å². The predicted octanol–water partition coefficient (Wildman–Crippen LogP) is 3.64. The second-order valence-electron chi connectivity index (χ2n) is 4.04. The van der Waals surface area contributed by atoms with E-state index in [0.717, 1.165) is 24.5 Å². The van der Waals surface area contributed by atoms with Gasteiger partial charge in [0, 0.05) is 5.92 Å². The van der Waals surface area contributed by atoms with Crippen molar-refractivity contribution in [1.29, 1.82) is 0 Å². The van der Waals surface area contributed by atoms with Gasteiger partial charge in [-0.1, -0.05) is 19.1 Å². The van der Waals surface area contributed by atoms with E-state index in [1.54, 1.807) is 0 Å². The third-order valence-electron chi connectivity index (χ3n) is 2.65. The van der Waals surface area contributed by atoms with Crippen molar-refractivity contribution >= 4 is 12.6 Å². The quantitative estimate of drug-likeness (QED) is 0.751. The molecule has 0 bridgehead atoms. The van der Waals surface area contributed by atoms with Crippen molar-refractivity contribution in [1.82, 2.24) is 0 Å². The summed E-state index contributed by atoms with van der Waals surface area (Å²) < 4.78 is 5.81. The maximum absolute atomic E-state index is 5.81. The predicted molar refractivity (Wildman–Crippen MR) is 69.0 cm³/mol. The highest BCUT2D eigenvalue weighted by atomic mass is 32.1. The van der Waals surface area contributed by atoms with Gasteiger partial charge in [-0.2, -0.15) is 12.6 Å². The molecular formula is C13H20OS. The van der Waals surface area contributed by atoms with Crippen LogP contribution in [0.4, 0.5) is 0 Å². The van der Waals surface area contributed by atoms with Crippen LogP contribution in [-0.4, -0.2) is 12.4 Å². The molecule has 1 atom stereocenters. The summed E-state index contributed by atoms with van der Waals surface area (Å²) in [5.41, 5.74) is 2.45. The van der Waals surface area contributed by atoms with Gasteiger partial charge in [0.25, 0.3) is 0 Å². The van der Waals surface area contributed by atoms with Gasteiger partial charge in [-0.25, -0.2) is 0 Å². The fraction of sp³-hybridized carbons (Fsp3) is 0.538. The third-order valence-corrected chi connectivity index (χ3v) is 3.17. The van der Waals surface area contributed by atoms with E-state index < -0.39 is 0 Å². The van der Waals surface area contributed by atoms with Gasteiger partial charge in [-0.15, -0.1) is 0 Å². The summed E-state index contributed by atoms with van der Waals surface area (Å²) in [7, 11) is 0. The maximum Gasteiger partial charge on any atom is 0.122 e. The molecule has 0 N–H and O–H groups in total. The van der Waals surface area contributed by atoms with E-state index in [4.69, 9.17) is 4.74 Å². The van der Waals surface area contributed by atoms with Crippen LogP contribution in [-0.2, 0) is 0 Å². The van der Waals surface area contributed by atoms with Gasteiger partial charge in [0.2, 0.25) is 0 Å². The summed E-state index contributed by atoms with van der Waals surface area (Å²) in [5.74, 6) is 2.45. The second-order valence-corrected chi connectivity index (χ2v) is 4.40. The lowest BCUT2D eigenvalue weighted by Gasteiger charge is -2.15. The fourth-order valence-electron chi connectivity index (χ4n) is 1.37. The molecule has 0 aliphatic heterocycles. The van der Waals surface area contributed by atoms with Crippen LogP contribution >= 0.6 is 12.6 Å². The number of thiol groups is 1. The highest BCUT2D eigenvalue weighted by Crippen LogP contribution is 2.20. The summed E-state index contributed by atoms with van der Waals surface area (Å²) >= 11 is 4.31. The molecule has 1 rings (SSSR count). The molecule has 15 heavy (non-hydrogen) atoms. The Morgan fingerprint density at radius 3 is 2.67 bits per heavy atom. The molecular weight excluding hydrogens is 204 g/mol. The molecule has 0 aliphatic rings. The number of hydrogen-bond donors (Lipinski definition) is 1. The molecule has 1 aromatic carbocycles. The molecule has 0 heterocycles. The maximum atomic E-state index is 5.81. The molecule has 0 aromatic heterocycles. The normalized spacial score (nSPS) is 12.5. The third kappa shape index (κ3) is 3.78. The molecule has 0 spiro atoms. The van der Waals surface area contributed by atoms with Gasteiger partial charge in [-0.3, -0.25) is 0 Å². The van der Waals surface area contributed by atoms with Crippen molar-refractivity contribution in [2.75, 3.05) is 12.4 Å². The van der Waals surface area contributed by atoms with E-state index in [-0.39, 0.29) is 0 Å². The first kappa shape index (κ1) is 12.4. The molecule has 84 valence electrons. The Hall–Kier alpha value is -0.630. The second kappa shape index (κ2) is 6.06. The zero-order chi connectivity index (χ0) is 11.3. The van der Waals surface area contributed by atoms with E-state index >= 15 is 0 Å². The van der Waals surface area contributed by atoms with Crippen molar-refractivity contribution in [2.24, 2.45) is 5.92 Å². The van der Waals surface area contributed by atoms with Gasteiger partial charge in [0.05, 0.1) is 6.61 Å². The molecule has 0 saturated heterocycles. The van der Waals surface area contributed by atoms with Gasteiger partial charge in [0.15, 0.2) is 0 Å². The van der Waals surface area contributed by atoms with Crippen molar-refractivity contribution in [2.45, 2.75) is 27.2 Å². The minimum Gasteiger partial charge on any atom is -0.493 e. The van der Waals surface area contributed by atoms with Crippen LogP contribution < -0.4 is 4.74 Å². The lowest BCUT2D eigenvalue weighted by atomic mass is 10.1. The smallest absolute Gasteiger partial charge is 0.122 e. The Morgan fingerprint density at radius 2 is 2.07 bits per heavy atom. The van der Waals surface area contributed by atoms with E-state index in [1.807, 2.05) is 0 Å². The van der Waals surface area contributed by atoms with Gasteiger partial charge in [-0.05, 0) is 43.2 Å². The monoisotopic (exact) mass is 224 g/mol. The van der Waals surface area contributed by atoms with E-state index in [9.17, 15) is 0 Å². The average Bonchev–Trinajstić information content (AvgIpc) is 2.24. The van der Waals surface area contributed by atoms with Crippen LogP contribution in [0.3, 0.4) is 0 Å². The van der Waals surface area contributed by atoms with Crippen molar-refractivity contribution in [3.05, 3.63) is 29.3 Å². The Labute approximate surface area is 98.3 Å². The fourth-order valence-corrected chi connectivity index (χ4v) is 1.73. The van der Waals surface area contributed by atoms with Gasteiger partial charge < -0.3 is 4.74 Å². The molecule has 0 radical (unpaired) electrons. The Balaban J connectivity index is 2.60. The Bertz CT molecular complexity index is 305. The molecule has 0 amide bonds. The standard InChI is InChI=1S/C13H20OS/c1-4-12(9-15)8-14-13-7-10(2)5-6-11(13)3/h5-7,12,15H,4,8-9H2,1-3H3. The van der Waals surface area contributed by atoms with E-state index in [1.165, 1.54) is 11.1 Å². The number of hydrogen-bond acceptors (Lipinski definition) is 2. The lowest BCUT2D eigenvalue weighted by molar-refractivity contribution is 0.258. The summed E-state index contributed by atoms with van der Waals surface area (Å²) in [4.78, 5) is 0. The highest BCUT2D eigenvalue weighted by molar-refractivity contribution is 7.80. The summed E-state index contributed by atoms with van der Waals surface area (Å²) in [6.45, 7) is 7.11. The van der Waals surface area contributed by atoms with Crippen LogP contribution in [0.25, 0.3) is 0 Å². The molecule has 1 aromatic rings. The molecule has 0 fully saturated rings. The minimum absolute atomic E-state index is 0.549. The lowest BCUT2D eigenvalue weighted by Crippen LogP contribution is -2.13. The SMILES string of the molecule is CCC(CS)COc1cc(C)ccc1C. The number of ether oxygens (including phenoxy) is 1. The first-order valence-electron chi connectivity index (χ1n) is 5.48. The van der Waals surface area contributed by atoms with Crippen molar-refractivity contribution in [3.63, 3.8) is 0 Å². The highest BCUT2D eigenvalue weighted by Gasteiger charge is 2.06. The van der Waals surface area contributed by atoms with Crippen LogP contribution in [0.15, 0.2) is 18.2 Å². The Kier molecular flexibility index (Phi) is 5.03. The molecule has 1 nitrogen and oxygen atoms in total. The van der Waals surface area contributed by atoms with Crippen LogP contribution in [0, 0.1) is 19.8 Å². The first-order chi connectivity index (χ1) is 7.17. The first-order valence-corrected chi connectivity index (χ1v) is 6.11.